The molecule has 2 N–H and O–H groups in total. The number of hydrogen-bond donors (Lipinski definition) is 1. The van der Waals surface area contributed by atoms with Crippen molar-refractivity contribution in [3.05, 3.63) is 65.5 Å². The van der Waals surface area contributed by atoms with Crippen LogP contribution in [0.4, 0.5) is 4.39 Å². The average molecular weight is 247 g/mol. The number of nitrogens with two attached hydrogens (primary N) is 1. The van der Waals surface area contributed by atoms with E-state index in [1.807, 2.05) is 30.3 Å². The highest BCUT2D eigenvalue weighted by atomic mass is 32.2. The van der Waals surface area contributed by atoms with Gasteiger partial charge in [-0.05, 0) is 35.4 Å². The summed E-state index contributed by atoms with van der Waals surface area (Å²) in [5, 5.41) is 0. The summed E-state index contributed by atoms with van der Waals surface area (Å²) in [6.45, 7) is 0.564. The van der Waals surface area contributed by atoms with Crippen molar-refractivity contribution >= 4 is 11.8 Å². The minimum absolute atomic E-state index is 0.179. The van der Waals surface area contributed by atoms with Gasteiger partial charge in [0.05, 0.1) is 0 Å². The summed E-state index contributed by atoms with van der Waals surface area (Å²) in [7, 11) is 0. The summed E-state index contributed by atoms with van der Waals surface area (Å²) in [5.74, 6) is 0.598. The molecule has 0 aliphatic carbocycles. The molecule has 0 unspecified atom stereocenters. The summed E-state index contributed by atoms with van der Waals surface area (Å²) in [5.41, 5.74) is 7.66. The number of halogens is 1. The van der Waals surface area contributed by atoms with E-state index in [1.165, 1.54) is 11.0 Å². The van der Waals surface area contributed by atoms with Gasteiger partial charge in [-0.25, -0.2) is 4.39 Å². The smallest absolute Gasteiger partial charge is 0.123 e. The number of thioether (sulfide) groups is 1. The molecule has 17 heavy (non-hydrogen) atoms. The second-order valence-corrected chi connectivity index (χ2v) is 4.82. The summed E-state index contributed by atoms with van der Waals surface area (Å²) < 4.78 is 13.0. The third-order valence-corrected chi connectivity index (χ3v) is 3.54. The van der Waals surface area contributed by atoms with Crippen LogP contribution in [0.2, 0.25) is 0 Å². The van der Waals surface area contributed by atoms with Crippen LogP contribution in [0, 0.1) is 5.82 Å². The lowest BCUT2D eigenvalue weighted by Gasteiger charge is -2.03. The zero-order chi connectivity index (χ0) is 12.1. The maximum absolute atomic E-state index is 13.0. The van der Waals surface area contributed by atoms with Crippen molar-refractivity contribution in [3.63, 3.8) is 0 Å². The van der Waals surface area contributed by atoms with Crippen molar-refractivity contribution in [2.45, 2.75) is 17.2 Å². The fourth-order valence-corrected chi connectivity index (χ4v) is 2.36. The van der Waals surface area contributed by atoms with Crippen molar-refractivity contribution < 1.29 is 4.39 Å². The molecule has 3 heteroatoms. The van der Waals surface area contributed by atoms with Gasteiger partial charge in [0.25, 0.3) is 0 Å². The molecule has 2 aromatic rings. The fraction of sp³-hybridized carbons (Fsp3) is 0.143. The van der Waals surface area contributed by atoms with Gasteiger partial charge in [-0.2, -0.15) is 0 Å². The van der Waals surface area contributed by atoms with Crippen LogP contribution in [0.1, 0.15) is 11.1 Å². The molecule has 0 aliphatic rings. The van der Waals surface area contributed by atoms with Gasteiger partial charge >= 0.3 is 0 Å². The van der Waals surface area contributed by atoms with E-state index in [9.17, 15) is 4.39 Å². The maximum atomic E-state index is 13.0. The summed E-state index contributed by atoms with van der Waals surface area (Å²) in [6.07, 6.45) is 0. The van der Waals surface area contributed by atoms with Crippen LogP contribution < -0.4 is 5.73 Å². The molecule has 2 aromatic carbocycles. The minimum Gasteiger partial charge on any atom is -0.326 e. The molecule has 0 saturated carbocycles. The molecule has 0 spiro atoms. The van der Waals surface area contributed by atoms with Crippen LogP contribution in [0.25, 0.3) is 0 Å². The van der Waals surface area contributed by atoms with Gasteiger partial charge in [0.15, 0.2) is 0 Å². The Morgan fingerprint density at radius 1 is 1.00 bits per heavy atom. The van der Waals surface area contributed by atoms with Crippen LogP contribution in [0.15, 0.2) is 53.4 Å². The zero-order valence-electron chi connectivity index (χ0n) is 9.40. The molecule has 0 aliphatic heterocycles. The highest BCUT2D eigenvalue weighted by molar-refractivity contribution is 7.98. The Kier molecular flexibility index (Phi) is 4.18. The molecule has 0 fully saturated rings. The molecule has 2 rings (SSSR count). The number of benzene rings is 2. The van der Waals surface area contributed by atoms with E-state index in [0.717, 1.165) is 16.9 Å². The Morgan fingerprint density at radius 3 is 2.41 bits per heavy atom. The van der Waals surface area contributed by atoms with Gasteiger partial charge in [0, 0.05) is 17.2 Å². The quantitative estimate of drug-likeness (QED) is 0.836. The third-order valence-electron chi connectivity index (χ3n) is 2.45. The van der Waals surface area contributed by atoms with Crippen molar-refractivity contribution in [1.82, 2.24) is 0 Å². The normalized spacial score (nSPS) is 10.5. The maximum Gasteiger partial charge on any atom is 0.123 e. The van der Waals surface area contributed by atoms with Gasteiger partial charge in [-0.3, -0.25) is 0 Å². The van der Waals surface area contributed by atoms with E-state index in [4.69, 9.17) is 5.73 Å². The van der Waals surface area contributed by atoms with Crippen molar-refractivity contribution in [2.75, 3.05) is 0 Å². The van der Waals surface area contributed by atoms with Crippen LogP contribution >= 0.6 is 11.8 Å². The molecule has 0 radical (unpaired) electrons. The van der Waals surface area contributed by atoms with Crippen molar-refractivity contribution in [1.29, 1.82) is 0 Å². The van der Waals surface area contributed by atoms with Gasteiger partial charge in [-0.1, -0.05) is 24.3 Å². The summed E-state index contributed by atoms with van der Waals surface area (Å²) in [4.78, 5) is 1.17. The first-order chi connectivity index (χ1) is 8.28. The van der Waals surface area contributed by atoms with E-state index in [-0.39, 0.29) is 5.82 Å². The minimum atomic E-state index is -0.179. The van der Waals surface area contributed by atoms with Crippen molar-refractivity contribution in [2.24, 2.45) is 5.73 Å². The van der Waals surface area contributed by atoms with Gasteiger partial charge < -0.3 is 5.73 Å². The summed E-state index contributed by atoms with van der Waals surface area (Å²) >= 11 is 1.69. The Bertz CT molecular complexity index is 482. The van der Waals surface area contributed by atoms with Crippen molar-refractivity contribution in [3.8, 4) is 0 Å². The van der Waals surface area contributed by atoms with E-state index in [1.54, 1.807) is 23.9 Å². The molecular formula is C14H14FNS. The standard InChI is InChI=1S/C14H14FNS/c15-13-3-1-2-12(8-13)10-17-14-6-4-11(9-16)5-7-14/h1-8H,9-10,16H2. The van der Waals surface area contributed by atoms with Crippen LogP contribution in [0.3, 0.4) is 0 Å². The molecular weight excluding hydrogens is 233 g/mol. The topological polar surface area (TPSA) is 26.0 Å². The average Bonchev–Trinajstić information content (AvgIpc) is 2.37. The Labute approximate surface area is 105 Å². The Balaban J connectivity index is 1.97. The predicted molar refractivity (Wildman–Crippen MR) is 70.3 cm³/mol. The molecule has 0 bridgehead atoms. The van der Waals surface area contributed by atoms with Gasteiger partial charge in [0.1, 0.15) is 5.82 Å². The number of rotatable bonds is 4. The van der Waals surface area contributed by atoms with Crippen LogP contribution in [0.5, 0.6) is 0 Å². The molecule has 88 valence electrons. The van der Waals surface area contributed by atoms with E-state index >= 15 is 0 Å². The first-order valence-corrected chi connectivity index (χ1v) is 6.43. The lowest BCUT2D eigenvalue weighted by Crippen LogP contribution is -1.94. The second-order valence-electron chi connectivity index (χ2n) is 3.77. The fourth-order valence-electron chi connectivity index (χ4n) is 1.52. The first kappa shape index (κ1) is 12.1. The Morgan fingerprint density at radius 2 is 1.76 bits per heavy atom. The first-order valence-electron chi connectivity index (χ1n) is 5.44. The highest BCUT2D eigenvalue weighted by Gasteiger charge is 1.98. The van der Waals surface area contributed by atoms with E-state index in [0.29, 0.717) is 6.54 Å². The monoisotopic (exact) mass is 247 g/mol. The van der Waals surface area contributed by atoms with Gasteiger partial charge in [-0.15, -0.1) is 11.8 Å². The highest BCUT2D eigenvalue weighted by Crippen LogP contribution is 2.23. The SMILES string of the molecule is NCc1ccc(SCc2cccc(F)c2)cc1. The predicted octanol–water partition coefficient (Wildman–Crippen LogP) is 3.58. The molecule has 0 atom stereocenters. The molecule has 1 nitrogen and oxygen atoms in total. The Hall–Kier alpha value is -1.32. The van der Waals surface area contributed by atoms with Crippen LogP contribution in [-0.4, -0.2) is 0 Å². The van der Waals surface area contributed by atoms with E-state index < -0.39 is 0 Å². The lowest BCUT2D eigenvalue weighted by molar-refractivity contribution is 0.626. The van der Waals surface area contributed by atoms with E-state index in [2.05, 4.69) is 0 Å². The van der Waals surface area contributed by atoms with Crippen LogP contribution in [-0.2, 0) is 12.3 Å². The number of hydrogen-bond acceptors (Lipinski definition) is 2. The second kappa shape index (κ2) is 5.84. The van der Waals surface area contributed by atoms with Gasteiger partial charge in [0.2, 0.25) is 0 Å². The lowest BCUT2D eigenvalue weighted by atomic mass is 10.2. The largest absolute Gasteiger partial charge is 0.326 e. The third kappa shape index (κ3) is 3.58. The molecule has 0 heterocycles. The molecule has 0 saturated heterocycles. The molecule has 0 amide bonds. The molecule has 0 aromatic heterocycles. The zero-order valence-corrected chi connectivity index (χ0v) is 10.2. The summed E-state index contributed by atoms with van der Waals surface area (Å²) in [6, 6.07) is 14.8.